The predicted molar refractivity (Wildman–Crippen MR) is 83.9 cm³/mol. The number of piperidine rings is 1. The first-order valence-corrected chi connectivity index (χ1v) is 8.20. The van der Waals surface area contributed by atoms with E-state index in [0.717, 1.165) is 32.2 Å². The molecule has 0 amide bonds. The van der Waals surface area contributed by atoms with E-state index in [9.17, 15) is 0 Å². The fourth-order valence-corrected chi connectivity index (χ4v) is 3.87. The van der Waals surface area contributed by atoms with Crippen molar-refractivity contribution >= 4 is 0 Å². The summed E-state index contributed by atoms with van der Waals surface area (Å²) >= 11 is 0. The molecule has 0 aromatic heterocycles. The molecule has 1 saturated heterocycles. The van der Waals surface area contributed by atoms with E-state index in [4.69, 9.17) is 10.5 Å². The highest BCUT2D eigenvalue weighted by molar-refractivity contribution is 5.02. The lowest BCUT2D eigenvalue weighted by Gasteiger charge is -2.52. The van der Waals surface area contributed by atoms with E-state index < -0.39 is 0 Å². The van der Waals surface area contributed by atoms with Gasteiger partial charge in [0.05, 0.1) is 6.61 Å². The Hall–Kier alpha value is -0.160. The van der Waals surface area contributed by atoms with Crippen LogP contribution in [0.25, 0.3) is 0 Å². The molecule has 0 spiro atoms. The fraction of sp³-hybridized carbons (Fsp3) is 1.00. The third kappa shape index (κ3) is 3.35. The van der Waals surface area contributed by atoms with Crippen molar-refractivity contribution < 1.29 is 4.74 Å². The summed E-state index contributed by atoms with van der Waals surface area (Å²) in [6.07, 6.45) is 5.15. The Morgan fingerprint density at radius 1 is 1.45 bits per heavy atom. The van der Waals surface area contributed by atoms with Crippen molar-refractivity contribution in [2.75, 3.05) is 40.4 Å². The number of hydrogen-bond donors (Lipinski definition) is 1. The number of hydrogen-bond acceptors (Lipinski definition) is 4. The van der Waals surface area contributed by atoms with Crippen LogP contribution < -0.4 is 5.73 Å². The maximum atomic E-state index is 6.28. The first-order valence-electron chi connectivity index (χ1n) is 8.20. The molecule has 0 aromatic carbocycles. The predicted octanol–water partition coefficient (Wildman–Crippen LogP) is 1.54. The molecule has 20 heavy (non-hydrogen) atoms. The Bertz CT molecular complexity index is 308. The van der Waals surface area contributed by atoms with Crippen LogP contribution in [-0.4, -0.2) is 67.8 Å². The Morgan fingerprint density at radius 2 is 2.15 bits per heavy atom. The number of likely N-dealkylation sites (tertiary alicyclic amines) is 1. The van der Waals surface area contributed by atoms with E-state index in [1.54, 1.807) is 7.11 Å². The van der Waals surface area contributed by atoms with E-state index in [1.165, 1.54) is 25.7 Å². The van der Waals surface area contributed by atoms with Crippen molar-refractivity contribution in [3.8, 4) is 0 Å². The van der Waals surface area contributed by atoms with Gasteiger partial charge in [0.25, 0.3) is 0 Å². The summed E-state index contributed by atoms with van der Waals surface area (Å²) in [5.41, 5.74) is 6.45. The second kappa shape index (κ2) is 6.73. The summed E-state index contributed by atoms with van der Waals surface area (Å²) in [6.45, 7) is 8.48. The Kier molecular flexibility index (Phi) is 5.46. The van der Waals surface area contributed by atoms with Gasteiger partial charge in [-0.2, -0.15) is 0 Å². The number of rotatable bonds is 7. The summed E-state index contributed by atoms with van der Waals surface area (Å²) in [4.78, 5) is 5.15. The van der Waals surface area contributed by atoms with Gasteiger partial charge in [0.1, 0.15) is 0 Å². The van der Waals surface area contributed by atoms with Gasteiger partial charge in [-0.1, -0.05) is 0 Å². The molecule has 2 N–H and O–H groups in total. The van der Waals surface area contributed by atoms with Crippen molar-refractivity contribution in [3.63, 3.8) is 0 Å². The molecule has 4 heteroatoms. The third-order valence-electron chi connectivity index (χ3n) is 5.68. The molecular formula is C16H33N3O. The van der Waals surface area contributed by atoms with Gasteiger partial charge in [-0.15, -0.1) is 0 Å². The third-order valence-corrected chi connectivity index (χ3v) is 5.68. The zero-order chi connectivity index (χ0) is 14.8. The minimum Gasteiger partial charge on any atom is -0.383 e. The van der Waals surface area contributed by atoms with Gasteiger partial charge in [-0.05, 0) is 59.0 Å². The quantitative estimate of drug-likeness (QED) is 0.770. The average Bonchev–Trinajstić information content (AvgIpc) is 3.27. The molecule has 0 radical (unpaired) electrons. The van der Waals surface area contributed by atoms with Crippen molar-refractivity contribution in [1.29, 1.82) is 0 Å². The van der Waals surface area contributed by atoms with Crippen LogP contribution in [0.2, 0.25) is 0 Å². The van der Waals surface area contributed by atoms with Crippen LogP contribution in [0.1, 0.15) is 39.5 Å². The summed E-state index contributed by atoms with van der Waals surface area (Å²) < 4.78 is 5.36. The van der Waals surface area contributed by atoms with Gasteiger partial charge in [-0.3, -0.25) is 4.90 Å². The highest BCUT2D eigenvalue weighted by Crippen LogP contribution is 2.40. The minimum absolute atomic E-state index is 0.173. The molecule has 1 aliphatic carbocycles. The maximum absolute atomic E-state index is 6.28. The lowest BCUT2D eigenvalue weighted by Crippen LogP contribution is -2.64. The van der Waals surface area contributed by atoms with Gasteiger partial charge >= 0.3 is 0 Å². The van der Waals surface area contributed by atoms with E-state index in [1.807, 2.05) is 0 Å². The zero-order valence-electron chi connectivity index (χ0n) is 13.8. The topological polar surface area (TPSA) is 41.7 Å². The summed E-state index contributed by atoms with van der Waals surface area (Å²) in [5, 5.41) is 0. The average molecular weight is 283 g/mol. The second-order valence-corrected chi connectivity index (χ2v) is 6.98. The first-order chi connectivity index (χ1) is 9.54. The molecule has 3 unspecified atom stereocenters. The Balaban J connectivity index is 2.14. The van der Waals surface area contributed by atoms with Crippen LogP contribution in [0, 0.1) is 5.92 Å². The lowest BCUT2D eigenvalue weighted by molar-refractivity contribution is -0.0297. The molecule has 3 atom stereocenters. The molecule has 0 bridgehead atoms. The fourth-order valence-electron chi connectivity index (χ4n) is 3.87. The molecule has 2 rings (SSSR count). The Labute approximate surface area is 124 Å². The van der Waals surface area contributed by atoms with Gasteiger partial charge < -0.3 is 15.4 Å². The minimum atomic E-state index is 0.173. The zero-order valence-corrected chi connectivity index (χ0v) is 13.8. The van der Waals surface area contributed by atoms with Crippen LogP contribution >= 0.6 is 0 Å². The molecule has 118 valence electrons. The van der Waals surface area contributed by atoms with Crippen LogP contribution in [0.3, 0.4) is 0 Å². The highest BCUT2D eigenvalue weighted by atomic mass is 16.5. The van der Waals surface area contributed by atoms with Gasteiger partial charge in [-0.25, -0.2) is 0 Å². The van der Waals surface area contributed by atoms with E-state index in [-0.39, 0.29) is 5.54 Å². The smallest absolute Gasteiger partial charge is 0.0590 e. The van der Waals surface area contributed by atoms with Crippen LogP contribution in [0.4, 0.5) is 0 Å². The maximum Gasteiger partial charge on any atom is 0.0590 e. The number of methoxy groups -OCH3 is 1. The number of ether oxygens (including phenoxy) is 1. The van der Waals surface area contributed by atoms with Gasteiger partial charge in [0, 0.05) is 37.8 Å². The van der Waals surface area contributed by atoms with E-state index in [2.05, 4.69) is 30.7 Å². The number of nitrogens with two attached hydrogens (primary N) is 1. The van der Waals surface area contributed by atoms with Crippen molar-refractivity contribution in [3.05, 3.63) is 0 Å². The lowest BCUT2D eigenvalue weighted by atomic mass is 9.81. The van der Waals surface area contributed by atoms with Crippen LogP contribution in [0.15, 0.2) is 0 Å². The largest absolute Gasteiger partial charge is 0.383 e. The molecule has 2 aliphatic rings. The second-order valence-electron chi connectivity index (χ2n) is 6.98. The van der Waals surface area contributed by atoms with E-state index in [0.29, 0.717) is 12.1 Å². The molecule has 1 saturated carbocycles. The SMILES string of the molecule is COCCN(C(C)C1CC1)C1(CN)CCN(C)C(C)C1. The molecule has 1 aliphatic heterocycles. The summed E-state index contributed by atoms with van der Waals surface area (Å²) in [5.74, 6) is 0.880. The van der Waals surface area contributed by atoms with Crippen LogP contribution in [-0.2, 0) is 4.74 Å². The highest BCUT2D eigenvalue weighted by Gasteiger charge is 2.45. The van der Waals surface area contributed by atoms with Gasteiger partial charge in [0.2, 0.25) is 0 Å². The molecule has 2 fully saturated rings. The van der Waals surface area contributed by atoms with Crippen molar-refractivity contribution in [2.45, 2.75) is 57.2 Å². The Morgan fingerprint density at radius 3 is 2.65 bits per heavy atom. The molecule has 1 heterocycles. The number of nitrogens with zero attached hydrogens (tertiary/aromatic N) is 2. The molecule has 4 nitrogen and oxygen atoms in total. The van der Waals surface area contributed by atoms with Crippen molar-refractivity contribution in [1.82, 2.24) is 9.80 Å². The van der Waals surface area contributed by atoms with Crippen molar-refractivity contribution in [2.24, 2.45) is 11.7 Å². The summed E-state index contributed by atoms with van der Waals surface area (Å²) in [6, 6.07) is 1.26. The van der Waals surface area contributed by atoms with Crippen LogP contribution in [0.5, 0.6) is 0 Å². The van der Waals surface area contributed by atoms with Gasteiger partial charge in [0.15, 0.2) is 0 Å². The monoisotopic (exact) mass is 283 g/mol. The normalized spacial score (nSPS) is 33.6. The van der Waals surface area contributed by atoms with E-state index >= 15 is 0 Å². The molecular weight excluding hydrogens is 250 g/mol. The molecule has 0 aromatic rings. The standard InChI is InChI=1S/C16H33N3O/c1-13-11-16(12-17,7-8-18(13)3)19(9-10-20-4)14(2)15-5-6-15/h13-15H,5-12,17H2,1-4H3. The first kappa shape index (κ1) is 16.2. The summed E-state index contributed by atoms with van der Waals surface area (Å²) in [7, 11) is 4.03.